The summed E-state index contributed by atoms with van der Waals surface area (Å²) in [6, 6.07) is 3.31. The van der Waals surface area contributed by atoms with Crippen LogP contribution in [0, 0.1) is 0 Å². The van der Waals surface area contributed by atoms with Crippen molar-refractivity contribution in [1.29, 1.82) is 0 Å². The summed E-state index contributed by atoms with van der Waals surface area (Å²) < 4.78 is 20.6. The molecule has 1 aliphatic rings. The first kappa shape index (κ1) is 19.6. The van der Waals surface area contributed by atoms with Gasteiger partial charge in [-0.2, -0.15) is 0 Å². The molecular weight excluding hydrogens is 362 g/mol. The fraction of sp³-hybridized carbons (Fsp3) is 0.353. The number of hydrogen-bond donors (Lipinski definition) is 0. The van der Waals surface area contributed by atoms with Crippen LogP contribution in [0.2, 0.25) is 0 Å². The third kappa shape index (κ3) is 4.10. The largest absolute Gasteiger partial charge is 0.493 e. The van der Waals surface area contributed by atoms with E-state index in [1.165, 1.54) is 27.4 Å². The molecule has 0 saturated carbocycles. The Hall–Kier alpha value is -2.68. The van der Waals surface area contributed by atoms with Crippen LogP contribution in [0.25, 0.3) is 6.08 Å². The predicted molar refractivity (Wildman–Crippen MR) is 95.4 cm³/mol. The van der Waals surface area contributed by atoms with E-state index in [4.69, 9.17) is 18.9 Å². The molecule has 0 spiro atoms. The lowest BCUT2D eigenvalue weighted by atomic mass is 10.1. The van der Waals surface area contributed by atoms with E-state index in [9.17, 15) is 14.4 Å². The molecule has 1 aromatic rings. The number of rotatable bonds is 7. The molecule has 2 rings (SSSR count). The monoisotopic (exact) mass is 381 g/mol. The number of nitrogens with zero attached hydrogens (tertiary/aromatic N) is 1. The number of carbonyl (C=O) groups is 3. The maximum absolute atomic E-state index is 12.4. The van der Waals surface area contributed by atoms with Crippen molar-refractivity contribution in [2.24, 2.45) is 0 Å². The number of ether oxygens (including phenoxy) is 4. The number of esters is 1. The van der Waals surface area contributed by atoms with Crippen LogP contribution in [0.5, 0.6) is 17.2 Å². The van der Waals surface area contributed by atoms with Crippen LogP contribution in [-0.4, -0.2) is 56.5 Å². The zero-order valence-electron chi connectivity index (χ0n) is 14.9. The first-order chi connectivity index (χ1) is 12.4. The molecule has 0 N–H and O–H groups in total. The number of thioether (sulfide) groups is 1. The second kappa shape index (κ2) is 8.61. The Balaban J connectivity index is 2.31. The van der Waals surface area contributed by atoms with Gasteiger partial charge in [-0.3, -0.25) is 19.3 Å². The van der Waals surface area contributed by atoms with Gasteiger partial charge in [0.1, 0.15) is 6.54 Å². The predicted octanol–water partition coefficient (Wildman–Crippen LogP) is 2.31. The van der Waals surface area contributed by atoms with Crippen LogP contribution in [0.1, 0.15) is 12.5 Å². The number of imide groups is 1. The first-order valence-electron chi connectivity index (χ1n) is 7.66. The van der Waals surface area contributed by atoms with Crippen molar-refractivity contribution in [3.8, 4) is 17.2 Å². The molecule has 1 heterocycles. The molecule has 0 radical (unpaired) electrons. The van der Waals surface area contributed by atoms with Gasteiger partial charge in [0, 0.05) is 0 Å². The van der Waals surface area contributed by atoms with Crippen molar-refractivity contribution in [2.75, 3.05) is 34.5 Å². The smallest absolute Gasteiger partial charge is 0.326 e. The average molecular weight is 381 g/mol. The van der Waals surface area contributed by atoms with E-state index < -0.39 is 23.7 Å². The summed E-state index contributed by atoms with van der Waals surface area (Å²) in [5.74, 6) is 0.0703. The van der Waals surface area contributed by atoms with Gasteiger partial charge in [-0.15, -0.1) is 0 Å². The van der Waals surface area contributed by atoms with Gasteiger partial charge in [0.2, 0.25) is 5.75 Å². The summed E-state index contributed by atoms with van der Waals surface area (Å²) in [5, 5.41) is -0.526. The van der Waals surface area contributed by atoms with Crippen LogP contribution >= 0.6 is 11.8 Å². The van der Waals surface area contributed by atoms with E-state index >= 15 is 0 Å². The molecule has 8 nitrogen and oxygen atoms in total. The van der Waals surface area contributed by atoms with Crippen molar-refractivity contribution < 1.29 is 33.3 Å². The Bertz CT molecular complexity index is 734. The van der Waals surface area contributed by atoms with Crippen LogP contribution in [0.3, 0.4) is 0 Å². The van der Waals surface area contributed by atoms with E-state index in [0.29, 0.717) is 22.8 Å². The van der Waals surface area contributed by atoms with Crippen LogP contribution < -0.4 is 14.2 Å². The lowest BCUT2D eigenvalue weighted by Crippen LogP contribution is -2.34. The van der Waals surface area contributed by atoms with Gasteiger partial charge in [0.25, 0.3) is 11.1 Å². The summed E-state index contributed by atoms with van der Waals surface area (Å²) in [5.41, 5.74) is 0.584. The third-order valence-electron chi connectivity index (χ3n) is 3.45. The highest BCUT2D eigenvalue weighted by Crippen LogP contribution is 2.40. The first-order valence-corrected chi connectivity index (χ1v) is 8.47. The molecule has 1 aliphatic heterocycles. The van der Waals surface area contributed by atoms with Crippen molar-refractivity contribution in [1.82, 2.24) is 4.90 Å². The molecule has 140 valence electrons. The molecular formula is C17H19NO7S. The summed E-state index contributed by atoms with van der Waals surface area (Å²) >= 11 is 0.751. The lowest BCUT2D eigenvalue weighted by Gasteiger charge is -2.13. The normalized spacial score (nSPS) is 15.4. The number of carbonyl (C=O) groups excluding carboxylic acids is 3. The van der Waals surface area contributed by atoms with Gasteiger partial charge in [-0.05, 0) is 42.5 Å². The zero-order chi connectivity index (χ0) is 19.3. The topological polar surface area (TPSA) is 91.4 Å². The van der Waals surface area contributed by atoms with Crippen molar-refractivity contribution in [3.63, 3.8) is 0 Å². The fourth-order valence-electron chi connectivity index (χ4n) is 2.31. The second-order valence-corrected chi connectivity index (χ2v) is 6.02. The Morgan fingerprint density at radius 3 is 2.23 bits per heavy atom. The molecule has 0 atom stereocenters. The van der Waals surface area contributed by atoms with Crippen LogP contribution in [-0.2, 0) is 14.3 Å². The molecule has 0 aliphatic carbocycles. The quantitative estimate of drug-likeness (QED) is 0.525. The minimum absolute atomic E-state index is 0.177. The minimum Gasteiger partial charge on any atom is -0.493 e. The van der Waals surface area contributed by atoms with Gasteiger partial charge in [-0.25, -0.2) is 0 Å². The van der Waals surface area contributed by atoms with Crippen molar-refractivity contribution >= 4 is 35.0 Å². The summed E-state index contributed by atoms with van der Waals surface area (Å²) in [4.78, 5) is 37.0. The lowest BCUT2D eigenvalue weighted by molar-refractivity contribution is -0.145. The Morgan fingerprint density at radius 2 is 1.73 bits per heavy atom. The Kier molecular flexibility index (Phi) is 6.51. The second-order valence-electron chi connectivity index (χ2n) is 5.03. The van der Waals surface area contributed by atoms with E-state index in [1.807, 2.05) is 0 Å². The minimum atomic E-state index is -0.635. The molecule has 1 saturated heterocycles. The van der Waals surface area contributed by atoms with E-state index in [2.05, 4.69) is 0 Å². The molecule has 0 bridgehead atoms. The third-order valence-corrected chi connectivity index (χ3v) is 4.36. The highest BCUT2D eigenvalue weighted by molar-refractivity contribution is 8.18. The number of methoxy groups -OCH3 is 3. The van der Waals surface area contributed by atoms with E-state index in [0.717, 1.165) is 16.7 Å². The Morgan fingerprint density at radius 1 is 1.12 bits per heavy atom. The highest BCUT2D eigenvalue weighted by atomic mass is 32.2. The molecule has 9 heteroatoms. The molecule has 0 unspecified atom stereocenters. The number of benzene rings is 1. The molecule has 0 aromatic heterocycles. The maximum Gasteiger partial charge on any atom is 0.326 e. The molecule has 2 amide bonds. The van der Waals surface area contributed by atoms with Gasteiger partial charge < -0.3 is 18.9 Å². The Labute approximate surface area is 155 Å². The maximum atomic E-state index is 12.4. The molecule has 1 aromatic carbocycles. The zero-order valence-corrected chi connectivity index (χ0v) is 15.7. The van der Waals surface area contributed by atoms with Crippen molar-refractivity contribution in [3.05, 3.63) is 22.6 Å². The van der Waals surface area contributed by atoms with Gasteiger partial charge in [-0.1, -0.05) is 0 Å². The van der Waals surface area contributed by atoms with Gasteiger partial charge >= 0.3 is 5.97 Å². The summed E-state index contributed by atoms with van der Waals surface area (Å²) in [6.45, 7) is 1.41. The summed E-state index contributed by atoms with van der Waals surface area (Å²) in [6.07, 6.45) is 1.53. The standard InChI is InChI=1S/C17H19NO7S/c1-5-25-14(19)9-18-16(20)13(26-17(18)21)8-10-6-11(22-2)15(24-4)12(7-10)23-3/h6-8H,5,9H2,1-4H3. The van der Waals surface area contributed by atoms with Crippen LogP contribution in [0.4, 0.5) is 4.79 Å². The van der Waals surface area contributed by atoms with E-state index in [1.54, 1.807) is 19.1 Å². The van der Waals surface area contributed by atoms with Crippen LogP contribution in [0.15, 0.2) is 17.0 Å². The fourth-order valence-corrected chi connectivity index (χ4v) is 3.15. The number of amides is 2. The molecule has 1 fully saturated rings. The SMILES string of the molecule is CCOC(=O)CN1C(=O)SC(=Cc2cc(OC)c(OC)c(OC)c2)C1=O. The van der Waals surface area contributed by atoms with Gasteiger partial charge in [0.15, 0.2) is 11.5 Å². The number of hydrogen-bond acceptors (Lipinski definition) is 8. The van der Waals surface area contributed by atoms with E-state index in [-0.39, 0.29) is 11.5 Å². The van der Waals surface area contributed by atoms with Crippen molar-refractivity contribution in [2.45, 2.75) is 6.92 Å². The highest BCUT2D eigenvalue weighted by Gasteiger charge is 2.36. The molecule has 26 heavy (non-hydrogen) atoms. The average Bonchev–Trinajstić information content (AvgIpc) is 2.88. The summed E-state index contributed by atoms with van der Waals surface area (Å²) in [7, 11) is 4.45. The van der Waals surface area contributed by atoms with Gasteiger partial charge in [0.05, 0.1) is 32.8 Å².